The molecular formula is C21H25N9O6S2. The van der Waals surface area contributed by atoms with Gasteiger partial charge in [-0.2, -0.15) is 14.6 Å². The number of anilines is 1. The van der Waals surface area contributed by atoms with Crippen molar-refractivity contribution in [3.05, 3.63) is 29.2 Å². The van der Waals surface area contributed by atoms with Gasteiger partial charge in [-0.25, -0.2) is 0 Å². The highest BCUT2D eigenvalue weighted by atomic mass is 32.2. The summed E-state index contributed by atoms with van der Waals surface area (Å²) in [4.78, 5) is 59.1. The van der Waals surface area contributed by atoms with Crippen LogP contribution in [0.4, 0.5) is 5.13 Å². The number of amides is 3. The topological polar surface area (TPSA) is 230 Å². The minimum absolute atomic E-state index is 0.0603. The lowest BCUT2D eigenvalue weighted by molar-refractivity contribution is -0.898. The van der Waals surface area contributed by atoms with Crippen molar-refractivity contribution in [2.75, 3.05) is 38.7 Å². The van der Waals surface area contributed by atoms with Gasteiger partial charge in [0.15, 0.2) is 11.2 Å². The normalized spacial score (nSPS) is 20.4. The number of nitriles is 1. The number of likely N-dealkylation sites (N-methyl/N-ethyl adjacent to an activating group) is 1. The first-order valence-corrected chi connectivity index (χ1v) is 12.9. The molecule has 2 aliphatic rings. The zero-order valence-corrected chi connectivity index (χ0v) is 22.2. The summed E-state index contributed by atoms with van der Waals surface area (Å²) in [6.07, 6.45) is 3.29. The van der Waals surface area contributed by atoms with Gasteiger partial charge in [0.05, 0.1) is 32.3 Å². The van der Waals surface area contributed by atoms with Gasteiger partial charge in [0.2, 0.25) is 18.1 Å². The molecule has 0 unspecified atom stereocenters. The molecule has 5 N–H and O–H groups in total. The standard InChI is InChI=1S/C21H25N9O6S2/c1-10(15(23)31)30(2,3)7-4-5-11-9-37-19-13(18(33)29(19)14(11)20(34)35)25-17(32)12(27-36-8-6-22)16-26-21(24)38-28-16/h4-5,10,13,19H,7-9H2,1-3H3,(H5-,23,24,25,26,28,31,32,34,35)/b5-4+,27-12-/t10-,13+,19-/m0/s1. The second kappa shape index (κ2) is 11.6. The Balaban J connectivity index is 1.77. The number of β-lactam (4-membered cyclic amide) rings is 1. The predicted molar refractivity (Wildman–Crippen MR) is 134 cm³/mol. The smallest absolute Gasteiger partial charge is 0.278 e. The zero-order valence-electron chi connectivity index (χ0n) is 20.6. The Bertz CT molecular complexity index is 1280. The number of carboxylic acids is 1. The molecular weight excluding hydrogens is 538 g/mol. The van der Waals surface area contributed by atoms with Gasteiger partial charge in [0.1, 0.15) is 17.5 Å². The monoisotopic (exact) mass is 563 g/mol. The Kier molecular flexibility index (Phi) is 8.70. The van der Waals surface area contributed by atoms with Crippen LogP contribution in [0, 0.1) is 11.3 Å². The van der Waals surface area contributed by atoms with Crippen LogP contribution in [-0.4, -0.2) is 98.6 Å². The van der Waals surface area contributed by atoms with E-state index in [0.29, 0.717) is 12.1 Å². The fourth-order valence-electron chi connectivity index (χ4n) is 3.58. The maximum Gasteiger partial charge on any atom is 0.278 e. The number of aliphatic carboxylic acids is 1. The lowest BCUT2D eigenvalue weighted by atomic mass is 10.0. The maximum atomic E-state index is 12.9. The fourth-order valence-corrected chi connectivity index (χ4v) is 5.33. The number of nitrogens with zero attached hydrogens (tertiary/aromatic N) is 6. The SMILES string of the molecule is C[C@@H](C(N)=O)[N+](C)(C)C/C=C/C1=C(C(=O)[O-])N2C(=O)[C@@H](NC(=O)/C(=N\OCC#N)c3nsc(N)n3)[C@@H]2SC1. The van der Waals surface area contributed by atoms with Crippen LogP contribution in [-0.2, 0) is 24.0 Å². The summed E-state index contributed by atoms with van der Waals surface area (Å²) in [5.74, 6) is -3.48. The van der Waals surface area contributed by atoms with Crippen LogP contribution < -0.4 is 21.9 Å². The number of aromatic nitrogens is 2. The molecule has 17 heteroatoms. The number of carbonyl (C=O) groups excluding carboxylic acids is 4. The van der Waals surface area contributed by atoms with Crippen molar-refractivity contribution in [2.45, 2.75) is 24.4 Å². The number of quaternary nitrogens is 1. The largest absolute Gasteiger partial charge is 0.543 e. The predicted octanol–water partition coefficient (Wildman–Crippen LogP) is -2.73. The molecule has 0 aromatic carbocycles. The number of thioether (sulfide) groups is 1. The summed E-state index contributed by atoms with van der Waals surface area (Å²) >= 11 is 2.05. The van der Waals surface area contributed by atoms with Crippen molar-refractivity contribution < 1.29 is 33.6 Å². The van der Waals surface area contributed by atoms with E-state index < -0.39 is 53.5 Å². The van der Waals surface area contributed by atoms with E-state index in [1.807, 2.05) is 14.1 Å². The van der Waals surface area contributed by atoms with E-state index in [-0.39, 0.29) is 26.9 Å². The van der Waals surface area contributed by atoms with Gasteiger partial charge in [-0.1, -0.05) is 11.2 Å². The first-order valence-electron chi connectivity index (χ1n) is 11.0. The Morgan fingerprint density at radius 2 is 2.16 bits per heavy atom. The maximum absolute atomic E-state index is 12.9. The van der Waals surface area contributed by atoms with Crippen LogP contribution in [0.3, 0.4) is 0 Å². The van der Waals surface area contributed by atoms with Crippen molar-refractivity contribution in [1.82, 2.24) is 19.6 Å². The number of rotatable bonds is 11. The Labute approximate surface area is 225 Å². The molecule has 1 aromatic rings. The molecule has 3 rings (SSSR count). The zero-order chi connectivity index (χ0) is 28.2. The van der Waals surface area contributed by atoms with Crippen LogP contribution in [0.15, 0.2) is 28.6 Å². The number of hydrogen-bond acceptors (Lipinski definition) is 13. The molecule has 0 saturated carbocycles. The van der Waals surface area contributed by atoms with Crippen LogP contribution in [0.2, 0.25) is 0 Å². The molecule has 0 aliphatic carbocycles. The van der Waals surface area contributed by atoms with Gasteiger partial charge in [-0.05, 0) is 18.6 Å². The van der Waals surface area contributed by atoms with Crippen molar-refractivity contribution >= 4 is 57.8 Å². The minimum atomic E-state index is -1.54. The molecule has 1 fully saturated rings. The molecule has 3 amide bonds. The Morgan fingerprint density at radius 1 is 1.45 bits per heavy atom. The Hall–Kier alpha value is -4.01. The molecule has 2 aliphatic heterocycles. The molecule has 3 atom stereocenters. The van der Waals surface area contributed by atoms with E-state index in [4.69, 9.17) is 21.6 Å². The number of fused-ring (bicyclic) bond motifs is 1. The van der Waals surface area contributed by atoms with E-state index >= 15 is 0 Å². The van der Waals surface area contributed by atoms with E-state index in [1.165, 1.54) is 11.8 Å². The molecule has 3 heterocycles. The van der Waals surface area contributed by atoms with Gasteiger partial charge in [0, 0.05) is 17.3 Å². The van der Waals surface area contributed by atoms with Gasteiger partial charge >= 0.3 is 0 Å². The van der Waals surface area contributed by atoms with Gasteiger partial charge < -0.3 is 36.0 Å². The molecule has 0 spiro atoms. The minimum Gasteiger partial charge on any atom is -0.543 e. The number of nitrogen functional groups attached to an aromatic ring is 1. The second-order valence-electron chi connectivity index (χ2n) is 8.79. The molecule has 202 valence electrons. The van der Waals surface area contributed by atoms with Crippen LogP contribution in [0.5, 0.6) is 0 Å². The summed E-state index contributed by atoms with van der Waals surface area (Å²) in [6.45, 7) is 1.62. The highest BCUT2D eigenvalue weighted by Gasteiger charge is 2.53. The second-order valence-corrected chi connectivity index (χ2v) is 10.7. The van der Waals surface area contributed by atoms with Crippen molar-refractivity contribution in [2.24, 2.45) is 10.9 Å². The van der Waals surface area contributed by atoms with E-state index in [1.54, 1.807) is 25.1 Å². The molecule has 15 nitrogen and oxygen atoms in total. The van der Waals surface area contributed by atoms with Gasteiger partial charge in [-0.15, -0.1) is 11.8 Å². The summed E-state index contributed by atoms with van der Waals surface area (Å²) < 4.78 is 4.15. The quantitative estimate of drug-likeness (QED) is 0.0822. The van der Waals surface area contributed by atoms with Crippen LogP contribution in [0.25, 0.3) is 0 Å². The molecule has 0 radical (unpaired) electrons. The summed E-state index contributed by atoms with van der Waals surface area (Å²) in [6, 6.07) is 0.148. The van der Waals surface area contributed by atoms with Gasteiger partial charge in [0.25, 0.3) is 17.7 Å². The summed E-state index contributed by atoms with van der Waals surface area (Å²) in [7, 11) is 3.62. The fraction of sp³-hybridized carbons (Fsp3) is 0.429. The molecule has 1 saturated heterocycles. The molecule has 1 aromatic heterocycles. The lowest BCUT2D eigenvalue weighted by Crippen LogP contribution is -2.71. The number of oxime groups is 1. The highest BCUT2D eigenvalue weighted by Crippen LogP contribution is 2.40. The van der Waals surface area contributed by atoms with Crippen LogP contribution >= 0.6 is 23.3 Å². The first kappa shape index (κ1) is 28.6. The van der Waals surface area contributed by atoms with Crippen LogP contribution in [0.1, 0.15) is 12.7 Å². The van der Waals surface area contributed by atoms with E-state index in [0.717, 1.165) is 16.4 Å². The molecule has 0 bridgehead atoms. The van der Waals surface area contributed by atoms with Gasteiger partial charge in [-0.3, -0.25) is 19.3 Å². The number of carboxylic acid groups (broad SMARTS) is 1. The highest BCUT2D eigenvalue weighted by molar-refractivity contribution is 8.00. The average Bonchev–Trinajstić information content (AvgIpc) is 3.29. The van der Waals surface area contributed by atoms with Crippen molar-refractivity contribution in [3.63, 3.8) is 0 Å². The number of primary amides is 1. The van der Waals surface area contributed by atoms with Crippen molar-refractivity contribution in [1.29, 1.82) is 5.26 Å². The van der Waals surface area contributed by atoms with E-state index in [2.05, 4.69) is 19.8 Å². The number of allylic oxidation sites excluding steroid dienone is 1. The van der Waals surface area contributed by atoms with Crippen molar-refractivity contribution in [3.8, 4) is 6.07 Å². The number of nitrogens with two attached hydrogens (primary N) is 2. The van der Waals surface area contributed by atoms with E-state index in [9.17, 15) is 24.3 Å². The molecule has 38 heavy (non-hydrogen) atoms. The summed E-state index contributed by atoms with van der Waals surface area (Å²) in [5, 5.41) is 26.1. The number of carbonyl (C=O) groups is 4. The lowest BCUT2D eigenvalue weighted by Gasteiger charge is -2.50. The third-order valence-corrected chi connectivity index (χ3v) is 7.83. The summed E-state index contributed by atoms with van der Waals surface area (Å²) in [5.41, 5.74) is 10.6. The Morgan fingerprint density at radius 3 is 2.74 bits per heavy atom. The third kappa shape index (κ3) is 5.93. The number of hydrogen-bond donors (Lipinski definition) is 3. The number of nitrogens with one attached hydrogen (secondary N) is 1. The average molecular weight is 564 g/mol. The third-order valence-electron chi connectivity index (χ3n) is 5.99. The first-order chi connectivity index (χ1) is 17.9.